The highest BCUT2D eigenvalue weighted by Gasteiger charge is 2.39. The monoisotopic (exact) mass is 289 g/mol. The zero-order chi connectivity index (χ0) is 14.8. The third-order valence-electron chi connectivity index (χ3n) is 3.14. The largest absolute Gasteiger partial charge is 0.468 e. The highest BCUT2D eigenvalue weighted by molar-refractivity contribution is 5.80. The van der Waals surface area contributed by atoms with Crippen molar-refractivity contribution in [3.05, 3.63) is 0 Å². The molecule has 0 heterocycles. The number of carbonyl (C=O) groups is 1. The molecule has 0 bridgehead atoms. The van der Waals surface area contributed by atoms with Gasteiger partial charge < -0.3 is 18.9 Å². The molecule has 0 aromatic carbocycles. The van der Waals surface area contributed by atoms with Crippen LogP contribution >= 0.6 is 0 Å². The van der Waals surface area contributed by atoms with Crippen molar-refractivity contribution in [1.82, 2.24) is 5.32 Å². The topological polar surface area (TPSA) is 66.0 Å². The van der Waals surface area contributed by atoms with Gasteiger partial charge in [-0.2, -0.15) is 0 Å². The van der Waals surface area contributed by atoms with Gasteiger partial charge in [0, 0.05) is 26.4 Å². The van der Waals surface area contributed by atoms with Gasteiger partial charge in [-0.15, -0.1) is 0 Å². The number of esters is 1. The molecule has 0 saturated heterocycles. The molecule has 1 atom stereocenters. The molecule has 0 amide bonds. The van der Waals surface area contributed by atoms with Crippen LogP contribution in [0.1, 0.15) is 26.2 Å². The van der Waals surface area contributed by atoms with E-state index in [1.54, 1.807) is 7.11 Å². The normalized spacial score (nSPS) is 17.8. The Bertz CT molecular complexity index is 283. The van der Waals surface area contributed by atoms with E-state index in [9.17, 15) is 4.79 Å². The minimum Gasteiger partial charge on any atom is -0.468 e. The van der Waals surface area contributed by atoms with Gasteiger partial charge in [0.1, 0.15) is 5.54 Å². The second kappa shape index (κ2) is 9.28. The molecule has 1 N–H and O–H groups in total. The van der Waals surface area contributed by atoms with Crippen LogP contribution in [0.4, 0.5) is 0 Å². The summed E-state index contributed by atoms with van der Waals surface area (Å²) in [5.41, 5.74) is -0.772. The van der Waals surface area contributed by atoms with Crippen LogP contribution in [0.3, 0.4) is 0 Å². The van der Waals surface area contributed by atoms with E-state index in [0.717, 1.165) is 19.3 Å². The minimum absolute atomic E-state index is 0.287. The molecule has 1 rings (SSSR count). The molecule has 0 aromatic heterocycles. The van der Waals surface area contributed by atoms with Gasteiger partial charge in [-0.1, -0.05) is 0 Å². The number of hydrogen-bond donors (Lipinski definition) is 1. The zero-order valence-corrected chi connectivity index (χ0v) is 12.8. The van der Waals surface area contributed by atoms with Crippen LogP contribution in [0.5, 0.6) is 0 Å². The van der Waals surface area contributed by atoms with E-state index in [2.05, 4.69) is 5.32 Å². The predicted molar refractivity (Wildman–Crippen MR) is 74.7 cm³/mol. The quantitative estimate of drug-likeness (QED) is 0.422. The van der Waals surface area contributed by atoms with Crippen LogP contribution in [0.25, 0.3) is 0 Å². The Kier molecular flexibility index (Phi) is 8.06. The first-order valence-corrected chi connectivity index (χ1v) is 7.13. The van der Waals surface area contributed by atoms with E-state index >= 15 is 0 Å². The lowest BCUT2D eigenvalue weighted by molar-refractivity contribution is -0.151. The molecule has 1 aliphatic carbocycles. The summed E-state index contributed by atoms with van der Waals surface area (Å²) >= 11 is 0. The molecular weight excluding hydrogens is 262 g/mol. The molecule has 0 aromatic rings. The highest BCUT2D eigenvalue weighted by Crippen LogP contribution is 2.23. The van der Waals surface area contributed by atoms with Crippen LogP contribution in [-0.2, 0) is 23.7 Å². The van der Waals surface area contributed by atoms with Crippen molar-refractivity contribution in [3.8, 4) is 0 Å². The van der Waals surface area contributed by atoms with Gasteiger partial charge in [0.15, 0.2) is 0 Å². The van der Waals surface area contributed by atoms with Crippen molar-refractivity contribution in [2.75, 3.05) is 47.3 Å². The maximum Gasteiger partial charge on any atom is 0.328 e. The molecule has 118 valence electrons. The van der Waals surface area contributed by atoms with E-state index in [1.807, 2.05) is 6.92 Å². The maximum absolute atomic E-state index is 11.8. The highest BCUT2D eigenvalue weighted by atomic mass is 16.5. The van der Waals surface area contributed by atoms with Crippen molar-refractivity contribution in [2.24, 2.45) is 0 Å². The van der Waals surface area contributed by atoms with E-state index < -0.39 is 5.54 Å². The Balaban J connectivity index is 2.13. The summed E-state index contributed by atoms with van der Waals surface area (Å²) in [4.78, 5) is 11.8. The molecule has 1 fully saturated rings. The van der Waals surface area contributed by atoms with Gasteiger partial charge in [-0.05, 0) is 26.2 Å². The van der Waals surface area contributed by atoms with Crippen molar-refractivity contribution in [1.29, 1.82) is 0 Å². The predicted octanol–water partition coefficient (Wildman–Crippen LogP) is 0.740. The van der Waals surface area contributed by atoms with E-state index in [0.29, 0.717) is 32.5 Å². The van der Waals surface area contributed by atoms with Crippen LogP contribution in [0, 0.1) is 0 Å². The second-order valence-electron chi connectivity index (χ2n) is 5.25. The van der Waals surface area contributed by atoms with Crippen molar-refractivity contribution >= 4 is 5.97 Å². The maximum atomic E-state index is 11.8. The van der Waals surface area contributed by atoms with Crippen LogP contribution in [0.15, 0.2) is 0 Å². The third kappa shape index (κ3) is 6.65. The van der Waals surface area contributed by atoms with Gasteiger partial charge in [-0.3, -0.25) is 5.32 Å². The summed E-state index contributed by atoms with van der Waals surface area (Å²) in [6.45, 7) is 4.45. The molecule has 0 aliphatic heterocycles. The summed E-state index contributed by atoms with van der Waals surface area (Å²) < 4.78 is 20.7. The number of rotatable bonds is 12. The Labute approximate surface area is 121 Å². The van der Waals surface area contributed by atoms with Gasteiger partial charge in [0.05, 0.1) is 26.9 Å². The first kappa shape index (κ1) is 17.4. The molecule has 1 aliphatic rings. The molecule has 0 radical (unpaired) electrons. The summed E-state index contributed by atoms with van der Waals surface area (Å²) in [7, 11) is 3.07. The smallest absolute Gasteiger partial charge is 0.328 e. The lowest BCUT2D eigenvalue weighted by atomic mass is 10.0. The standard InChI is InChI=1S/C14H27NO5/c1-14(13(16)18-3,15-12-5-6-12)11-20-10-9-19-8-4-7-17-2/h12,15H,4-11H2,1-3H3. The molecule has 6 nitrogen and oxygen atoms in total. The summed E-state index contributed by atoms with van der Waals surface area (Å²) in [5.74, 6) is -0.287. The van der Waals surface area contributed by atoms with E-state index in [1.165, 1.54) is 7.11 Å². The molecule has 1 unspecified atom stereocenters. The molecule has 1 saturated carbocycles. The molecule has 6 heteroatoms. The number of nitrogens with one attached hydrogen (secondary N) is 1. The first-order valence-electron chi connectivity index (χ1n) is 7.13. The Morgan fingerprint density at radius 1 is 1.15 bits per heavy atom. The number of carbonyl (C=O) groups excluding carboxylic acids is 1. The molecular formula is C14H27NO5. The fourth-order valence-electron chi connectivity index (χ4n) is 1.86. The van der Waals surface area contributed by atoms with E-state index in [4.69, 9.17) is 18.9 Å². The fraction of sp³-hybridized carbons (Fsp3) is 0.929. The van der Waals surface area contributed by atoms with E-state index in [-0.39, 0.29) is 12.6 Å². The molecule has 0 spiro atoms. The number of methoxy groups -OCH3 is 2. The first-order chi connectivity index (χ1) is 9.62. The van der Waals surface area contributed by atoms with Gasteiger partial charge in [0.25, 0.3) is 0 Å². The average Bonchev–Trinajstić information content (AvgIpc) is 3.24. The summed E-state index contributed by atoms with van der Waals surface area (Å²) in [5, 5.41) is 3.28. The number of ether oxygens (including phenoxy) is 4. The fourth-order valence-corrected chi connectivity index (χ4v) is 1.86. The van der Waals surface area contributed by atoms with Gasteiger partial charge >= 0.3 is 5.97 Å². The molecule has 20 heavy (non-hydrogen) atoms. The zero-order valence-electron chi connectivity index (χ0n) is 12.8. The summed E-state index contributed by atoms with van der Waals surface area (Å²) in [6, 6.07) is 0.410. The Morgan fingerprint density at radius 3 is 2.45 bits per heavy atom. The number of hydrogen-bond acceptors (Lipinski definition) is 6. The van der Waals surface area contributed by atoms with Crippen molar-refractivity contribution < 1.29 is 23.7 Å². The third-order valence-corrected chi connectivity index (χ3v) is 3.14. The Hall–Kier alpha value is -0.690. The SMILES string of the molecule is COCCCOCCOCC(C)(NC1CC1)C(=O)OC. The van der Waals surface area contributed by atoms with Crippen LogP contribution in [0.2, 0.25) is 0 Å². The Morgan fingerprint density at radius 2 is 1.85 bits per heavy atom. The van der Waals surface area contributed by atoms with Crippen molar-refractivity contribution in [3.63, 3.8) is 0 Å². The second-order valence-corrected chi connectivity index (χ2v) is 5.25. The minimum atomic E-state index is -0.772. The van der Waals surface area contributed by atoms with Crippen LogP contribution < -0.4 is 5.32 Å². The average molecular weight is 289 g/mol. The lowest BCUT2D eigenvalue weighted by Gasteiger charge is -2.27. The lowest BCUT2D eigenvalue weighted by Crippen LogP contribution is -2.54. The van der Waals surface area contributed by atoms with Gasteiger partial charge in [-0.25, -0.2) is 4.79 Å². The van der Waals surface area contributed by atoms with Crippen LogP contribution in [-0.4, -0.2) is 64.8 Å². The summed E-state index contributed by atoms with van der Waals surface area (Å²) in [6.07, 6.45) is 3.09. The van der Waals surface area contributed by atoms with Crippen molar-refractivity contribution in [2.45, 2.75) is 37.8 Å². The van der Waals surface area contributed by atoms with Gasteiger partial charge in [0.2, 0.25) is 0 Å².